The molecule has 0 aromatic rings. The predicted molar refractivity (Wildman–Crippen MR) is 13.2 cm³/mol. The van der Waals surface area contributed by atoms with Crippen molar-refractivity contribution in [2.75, 3.05) is 0 Å². The quantitative estimate of drug-likeness (QED) is 0.261. The van der Waals surface area contributed by atoms with Gasteiger partial charge < -0.3 is 16.1 Å². The molecule has 0 saturated heterocycles. The van der Waals surface area contributed by atoms with E-state index >= 15 is 0 Å². The van der Waals surface area contributed by atoms with Crippen LogP contribution in [0.3, 0.4) is 0 Å². The molecule has 0 saturated carbocycles. The Balaban J connectivity index is -0.0000000267. The van der Waals surface area contributed by atoms with E-state index in [1.54, 1.807) is 0 Å². The van der Waals surface area contributed by atoms with E-state index in [-0.39, 0.29) is 60.5 Å². The van der Waals surface area contributed by atoms with Gasteiger partial charge in [0.2, 0.25) is 0 Å². The molecule has 0 aromatic carbocycles. The van der Waals surface area contributed by atoms with Crippen molar-refractivity contribution in [3.63, 3.8) is 0 Å². The summed E-state index contributed by atoms with van der Waals surface area (Å²) in [6.45, 7) is 0. The molecule has 34 valence electrons. The van der Waals surface area contributed by atoms with Gasteiger partial charge in [-0.15, -0.1) is 0 Å². The molecule has 0 aliphatic rings. The molecule has 0 rings (SSSR count). The molecule has 0 unspecified atom stereocenters. The molecule has 0 radical (unpaired) electrons. The smallest absolute Gasteiger partial charge is 1.00 e. The van der Waals surface area contributed by atoms with Crippen LogP contribution in [0.5, 0.6) is 0 Å². The van der Waals surface area contributed by atoms with Crippen LogP contribution in [0.1, 0.15) is 1.43 Å². The van der Waals surface area contributed by atoms with Crippen molar-refractivity contribution in [1.29, 1.82) is 0 Å². The van der Waals surface area contributed by atoms with E-state index in [1.807, 2.05) is 0 Å². The van der Waals surface area contributed by atoms with Gasteiger partial charge in [0, 0.05) is 0 Å². The van der Waals surface area contributed by atoms with Crippen LogP contribution in [-0.2, 0) is 4.57 Å². The molecule has 0 aromatic heterocycles. The standard InChI is InChI=1S/2Na.H3O4P.H/c;;1-5(2,3)4;/h;;(H3,1,2,3,4);/q2*+1;;-1/p-1. The van der Waals surface area contributed by atoms with Crippen LogP contribution in [0, 0.1) is 0 Å². The third kappa shape index (κ3) is 68.0. The number of hydrogen-bond acceptors (Lipinski definition) is 2. The summed E-state index contributed by atoms with van der Waals surface area (Å²) >= 11 is 0. The zero-order valence-corrected chi connectivity index (χ0v) is 9.05. The van der Waals surface area contributed by atoms with Crippen molar-refractivity contribution in [2.24, 2.45) is 0 Å². The maximum Gasteiger partial charge on any atom is 1.00 e. The van der Waals surface area contributed by atoms with Crippen LogP contribution in [0.2, 0.25) is 0 Å². The molecule has 0 fully saturated rings. The molecular formula is H3Na2O4P. The summed E-state index contributed by atoms with van der Waals surface area (Å²) in [6.07, 6.45) is 0. The van der Waals surface area contributed by atoms with Crippen molar-refractivity contribution >= 4 is 7.82 Å². The third-order valence-corrected chi connectivity index (χ3v) is 0. The van der Waals surface area contributed by atoms with Gasteiger partial charge in [-0.3, -0.25) is 4.57 Å². The molecule has 0 spiro atoms. The van der Waals surface area contributed by atoms with Gasteiger partial charge in [-0.1, -0.05) is 0 Å². The van der Waals surface area contributed by atoms with Crippen LogP contribution in [-0.4, -0.2) is 9.79 Å². The summed E-state index contributed by atoms with van der Waals surface area (Å²) in [5, 5.41) is 0. The van der Waals surface area contributed by atoms with E-state index in [2.05, 4.69) is 0 Å². The molecule has 0 amide bonds. The van der Waals surface area contributed by atoms with Gasteiger partial charge in [-0.05, 0) is 0 Å². The Morgan fingerprint density at radius 1 is 1.43 bits per heavy atom. The van der Waals surface area contributed by atoms with Gasteiger partial charge in [0.1, 0.15) is 0 Å². The van der Waals surface area contributed by atoms with Gasteiger partial charge in [-0.2, -0.15) is 0 Å². The topological polar surface area (TPSA) is 80.6 Å². The van der Waals surface area contributed by atoms with E-state index in [0.29, 0.717) is 0 Å². The van der Waals surface area contributed by atoms with E-state index in [9.17, 15) is 0 Å². The average molecular weight is 144 g/mol. The Labute approximate surface area is 86.6 Å². The summed E-state index contributed by atoms with van der Waals surface area (Å²) in [5.41, 5.74) is 0. The number of phosphoric acid groups is 1. The molecule has 0 aliphatic heterocycles. The Hall–Kier alpha value is 2.11. The minimum Gasteiger partial charge on any atom is -1.00 e. The fraction of sp³-hybridized carbons (Fsp3) is 0. The first-order valence-corrected chi connectivity index (χ1v) is 2.30. The number of rotatable bonds is 0. The summed E-state index contributed by atoms with van der Waals surface area (Å²) < 4.78 is 8.77. The zero-order chi connectivity index (χ0) is 4.50. The van der Waals surface area contributed by atoms with Crippen LogP contribution in [0.25, 0.3) is 0 Å². The monoisotopic (exact) mass is 144 g/mol. The molecule has 0 bridgehead atoms. The minimum atomic E-state index is -4.89. The SMILES string of the molecule is O=P([O-])(O)O.[H-].[Na+].[Na+]. The van der Waals surface area contributed by atoms with Crippen molar-refractivity contribution < 1.29 is 79.8 Å². The maximum atomic E-state index is 8.77. The Bertz CT molecular complexity index is 60.2. The second-order valence-corrected chi connectivity index (χ2v) is 1.47. The fourth-order valence-electron chi connectivity index (χ4n) is 0. The normalized spacial score (nSPS) is 8.43. The van der Waals surface area contributed by atoms with Crippen LogP contribution < -0.4 is 64.0 Å². The molecule has 7 heavy (non-hydrogen) atoms. The van der Waals surface area contributed by atoms with E-state index in [1.165, 1.54) is 0 Å². The van der Waals surface area contributed by atoms with Crippen molar-refractivity contribution in [1.82, 2.24) is 0 Å². The third-order valence-electron chi connectivity index (χ3n) is 0. The first-order valence-electron chi connectivity index (χ1n) is 0.765. The summed E-state index contributed by atoms with van der Waals surface area (Å²) in [4.78, 5) is 22.9. The van der Waals surface area contributed by atoms with Gasteiger partial charge in [0.25, 0.3) is 7.82 Å². The predicted octanol–water partition coefficient (Wildman–Crippen LogP) is -7.44. The first-order chi connectivity index (χ1) is 2.00. The summed E-state index contributed by atoms with van der Waals surface area (Å²) in [6, 6.07) is 0. The van der Waals surface area contributed by atoms with Gasteiger partial charge in [-0.25, -0.2) is 0 Å². The second-order valence-electron chi connectivity index (χ2n) is 0.491. The molecule has 0 heterocycles. The minimum absolute atomic E-state index is 0. The summed E-state index contributed by atoms with van der Waals surface area (Å²) in [5.74, 6) is 0. The van der Waals surface area contributed by atoms with Crippen LogP contribution in [0.4, 0.5) is 0 Å². The Morgan fingerprint density at radius 2 is 1.43 bits per heavy atom. The zero-order valence-electron chi connectivity index (χ0n) is 5.16. The average Bonchev–Trinajstić information content (AvgIpc) is 0.722. The molecule has 0 aliphatic carbocycles. The molecule has 2 N–H and O–H groups in total. The van der Waals surface area contributed by atoms with Crippen LogP contribution >= 0.6 is 7.82 Å². The van der Waals surface area contributed by atoms with Crippen molar-refractivity contribution in [2.45, 2.75) is 0 Å². The molecule has 7 heteroatoms. The molecule has 0 atom stereocenters. The van der Waals surface area contributed by atoms with Gasteiger partial charge >= 0.3 is 59.1 Å². The van der Waals surface area contributed by atoms with Crippen LogP contribution in [0.15, 0.2) is 0 Å². The molecule has 4 nitrogen and oxygen atoms in total. The maximum absolute atomic E-state index is 8.77. The second kappa shape index (κ2) is 6.23. The van der Waals surface area contributed by atoms with Crippen molar-refractivity contribution in [3.8, 4) is 0 Å². The fourth-order valence-corrected chi connectivity index (χ4v) is 0. The Kier molecular flexibility index (Phi) is 14.3. The van der Waals surface area contributed by atoms with Gasteiger partial charge in [0.05, 0.1) is 0 Å². The number of hydrogen-bond donors (Lipinski definition) is 2. The first kappa shape index (κ1) is 16.1. The molecular weight excluding hydrogens is 141 g/mol. The largest absolute Gasteiger partial charge is 1.00 e. The summed E-state index contributed by atoms with van der Waals surface area (Å²) in [7, 11) is -4.89. The van der Waals surface area contributed by atoms with E-state index in [0.717, 1.165) is 0 Å². The van der Waals surface area contributed by atoms with E-state index in [4.69, 9.17) is 19.2 Å². The Morgan fingerprint density at radius 3 is 1.43 bits per heavy atom. The van der Waals surface area contributed by atoms with Crippen molar-refractivity contribution in [3.05, 3.63) is 0 Å². The van der Waals surface area contributed by atoms with E-state index < -0.39 is 7.82 Å². The van der Waals surface area contributed by atoms with Gasteiger partial charge in [0.15, 0.2) is 0 Å².